The molecule has 34 heteroatoms. The van der Waals surface area contributed by atoms with Gasteiger partial charge in [-0.25, -0.2) is 14.4 Å². The van der Waals surface area contributed by atoms with Gasteiger partial charge in [-0.05, 0) is 84.3 Å². The summed E-state index contributed by atoms with van der Waals surface area (Å²) in [4.78, 5) is 192. The number of ether oxygens (including phenoxy) is 2. The molecular formula is C75H114N14O20. The highest BCUT2D eigenvalue weighted by molar-refractivity contribution is 6.00. The Hall–Kier alpha value is -10.3. The van der Waals surface area contributed by atoms with Crippen LogP contribution in [0.1, 0.15) is 158 Å². The van der Waals surface area contributed by atoms with Gasteiger partial charge in [0.1, 0.15) is 73.6 Å². The lowest BCUT2D eigenvalue weighted by Gasteiger charge is -2.33. The molecule has 604 valence electrons. The van der Waals surface area contributed by atoms with Crippen LogP contribution in [-0.2, 0) is 80.2 Å². The van der Waals surface area contributed by atoms with Crippen molar-refractivity contribution in [2.75, 3.05) is 19.7 Å². The molecule has 20 N–H and O–H groups in total. The van der Waals surface area contributed by atoms with E-state index in [1.807, 2.05) is 46.9 Å². The smallest absolute Gasteiger partial charge is 0.408 e. The molecule has 0 saturated heterocycles. The van der Waals surface area contributed by atoms with E-state index < -0.39 is 210 Å². The number of rotatable bonds is 44. The molecule has 0 aliphatic heterocycles. The fourth-order valence-electron chi connectivity index (χ4n) is 11.0. The maximum absolute atomic E-state index is 15.1. The van der Waals surface area contributed by atoms with Crippen LogP contribution in [0.3, 0.4) is 0 Å². The Morgan fingerprint density at radius 1 is 0.477 bits per heavy atom. The maximum atomic E-state index is 15.1. The minimum atomic E-state index is -1.90. The fraction of sp³-hybridized carbons (Fsp3) is 0.573. The number of carboxylic acids is 1. The van der Waals surface area contributed by atoms with E-state index in [0.717, 1.165) is 6.92 Å². The average Bonchev–Trinajstić information content (AvgIpc) is 0.689. The summed E-state index contributed by atoms with van der Waals surface area (Å²) in [6.07, 6.45) is -6.14. The maximum Gasteiger partial charge on any atom is 0.408 e. The molecule has 1 unspecified atom stereocenters. The number of aliphatic hydroxyl groups is 3. The first-order chi connectivity index (χ1) is 51.0. The zero-order valence-electron chi connectivity index (χ0n) is 64.4. The molecule has 3 aromatic rings. The van der Waals surface area contributed by atoms with Gasteiger partial charge in [0.15, 0.2) is 0 Å². The van der Waals surface area contributed by atoms with Crippen molar-refractivity contribution in [2.24, 2.45) is 40.1 Å². The number of carbonyl (C=O) groups is 14. The van der Waals surface area contributed by atoms with Gasteiger partial charge in [0, 0.05) is 6.54 Å². The highest BCUT2D eigenvalue weighted by Crippen LogP contribution is 2.25. The molecule has 0 aliphatic carbocycles. The third-order valence-corrected chi connectivity index (χ3v) is 17.1. The Labute approximate surface area is 635 Å². The number of nitrogens with two attached hydrogens (primary N) is 2. The number of benzene rings is 3. The molecule has 109 heavy (non-hydrogen) atoms. The Kier molecular flexibility index (Phi) is 38.8. The molecule has 0 heterocycles. The normalized spacial score (nSPS) is 15.3. The van der Waals surface area contributed by atoms with E-state index in [9.17, 15) is 82.8 Å². The van der Waals surface area contributed by atoms with Gasteiger partial charge in [-0.15, -0.1) is 0 Å². The summed E-state index contributed by atoms with van der Waals surface area (Å²) in [5, 5.41) is 71.1. The quantitative estimate of drug-likeness (QED) is 0.0342. The molecule has 13 amide bonds. The first kappa shape index (κ1) is 92.9. The van der Waals surface area contributed by atoms with Crippen LogP contribution in [0.4, 0.5) is 9.59 Å². The van der Waals surface area contributed by atoms with Gasteiger partial charge in [-0.1, -0.05) is 181 Å². The standard InChI is InChI=1S/C75H114N14O20/c1-14-43(6)57(68(101)87-58(44(7)91)67(100)79-37-55(93)80-50(34-54(76)92)64(97)84-53(38-90)71(104)105)86-62(95)48(31-24-32-78-72(106)108-39-45-25-18-15-19-26-45)81-63(96)49(33-41(2)3)82-70(103)60(61(94)42(4)5)89-69(102)59(56(77)47-29-22-17-23-30-47)88-66(99)51(35-74(8,9)10)83-65(98)52(36-75(11,12)13)85-73(107)109-40-46-27-20-16-21-28-46/h15-23,25-30,41-44,48-53,56-61,90-91,94H,14,24,31-40,77H2,1-13H3,(H2,76,92)(H,78,106)(H,79,100)(H,80,93)(H,81,96)(H,82,103)(H,83,98)(H,84,97)(H,85,107)(H,86,95)(H,87,101)(H,88,99)(H,89,102)(H,104,105)/t43-,44-,48+,49-,50-,51-,52+,53-,56+,57?,58-,59-,60-,61+/m0/s1. The number of carboxylic acid groups (broad SMARTS) is 1. The van der Waals surface area contributed by atoms with Crippen molar-refractivity contribution in [3.8, 4) is 0 Å². The number of aliphatic carboxylic acids is 1. The molecular weight excluding hydrogens is 1420 g/mol. The molecule has 3 aromatic carbocycles. The van der Waals surface area contributed by atoms with Crippen molar-refractivity contribution in [2.45, 2.75) is 227 Å². The number of hydrogen-bond acceptors (Lipinski definition) is 20. The molecule has 0 fully saturated rings. The molecule has 14 atom stereocenters. The average molecular weight is 1530 g/mol. The van der Waals surface area contributed by atoms with Gasteiger partial charge < -0.3 is 105 Å². The van der Waals surface area contributed by atoms with Gasteiger partial charge in [0.05, 0.1) is 37.8 Å². The van der Waals surface area contributed by atoms with E-state index >= 15 is 4.79 Å². The van der Waals surface area contributed by atoms with Crippen LogP contribution in [-0.4, -0.2) is 196 Å². The summed E-state index contributed by atoms with van der Waals surface area (Å²) in [5.74, 6) is -15.1. The van der Waals surface area contributed by atoms with E-state index in [2.05, 4.69) is 58.5 Å². The van der Waals surface area contributed by atoms with Gasteiger partial charge in [-0.2, -0.15) is 0 Å². The van der Waals surface area contributed by atoms with Crippen molar-refractivity contribution in [1.29, 1.82) is 0 Å². The summed E-state index contributed by atoms with van der Waals surface area (Å²) in [5.41, 5.74) is 12.6. The molecule has 0 bridgehead atoms. The fourth-order valence-corrected chi connectivity index (χ4v) is 11.0. The van der Waals surface area contributed by atoms with Crippen molar-refractivity contribution in [3.63, 3.8) is 0 Å². The van der Waals surface area contributed by atoms with E-state index in [-0.39, 0.29) is 58.3 Å². The van der Waals surface area contributed by atoms with Gasteiger partial charge >= 0.3 is 18.2 Å². The number of primary amides is 1. The first-order valence-electron chi connectivity index (χ1n) is 36.2. The van der Waals surface area contributed by atoms with Gasteiger partial charge in [0.25, 0.3) is 0 Å². The predicted octanol–water partition coefficient (Wildman–Crippen LogP) is 0.482. The summed E-state index contributed by atoms with van der Waals surface area (Å²) in [7, 11) is 0. The zero-order chi connectivity index (χ0) is 82.0. The largest absolute Gasteiger partial charge is 0.480 e. The minimum Gasteiger partial charge on any atom is -0.480 e. The van der Waals surface area contributed by atoms with Gasteiger partial charge in [-0.3, -0.25) is 52.7 Å². The third-order valence-electron chi connectivity index (χ3n) is 17.1. The summed E-state index contributed by atoms with van der Waals surface area (Å²) >= 11 is 0. The number of aliphatic hydroxyl groups excluding tert-OH is 3. The van der Waals surface area contributed by atoms with Crippen molar-refractivity contribution in [3.05, 3.63) is 108 Å². The lowest BCUT2D eigenvalue weighted by molar-refractivity contribution is -0.143. The number of nitrogens with one attached hydrogen (secondary N) is 12. The van der Waals surface area contributed by atoms with Crippen LogP contribution in [0.15, 0.2) is 91.0 Å². The predicted molar refractivity (Wildman–Crippen MR) is 399 cm³/mol. The highest BCUT2D eigenvalue weighted by atomic mass is 16.6. The van der Waals surface area contributed by atoms with Crippen LogP contribution in [0.5, 0.6) is 0 Å². The first-order valence-corrected chi connectivity index (χ1v) is 36.2. The summed E-state index contributed by atoms with van der Waals surface area (Å²) < 4.78 is 10.8. The van der Waals surface area contributed by atoms with Crippen molar-refractivity contribution < 1.29 is 97.0 Å². The number of hydrogen-bond donors (Lipinski definition) is 18. The molecule has 3 rings (SSSR count). The molecule has 34 nitrogen and oxygen atoms in total. The second-order valence-corrected chi connectivity index (χ2v) is 30.1. The molecule has 0 aliphatic rings. The number of amides is 13. The second kappa shape index (κ2) is 45.5. The second-order valence-electron chi connectivity index (χ2n) is 30.1. The summed E-state index contributed by atoms with van der Waals surface area (Å²) in [6, 6.07) is 8.00. The SMILES string of the molecule is CC[C@H](C)C(NC(=O)[C@@H](CCCNC(=O)OCc1ccccc1)NC(=O)[C@H](CC(C)C)NC(=O)[C@@H](NC(=O)[C@@H](NC(=O)[C@H](CC(C)(C)C)NC(=O)[C@@H](CC(C)(C)C)NC(=O)OCc1ccccc1)[C@H](N)c1ccccc1)[C@H](O)C(C)C)C(=O)N[C@H](C(=O)NCC(=O)N[C@@H](CC(N)=O)C(=O)N[C@@H](CO)C(=O)O)[C@H](C)O. The third kappa shape index (κ3) is 34.2. The van der Waals surface area contributed by atoms with Crippen LogP contribution >= 0.6 is 0 Å². The Bertz CT molecular complexity index is 3500. The van der Waals surface area contributed by atoms with E-state index in [1.165, 1.54) is 0 Å². The van der Waals surface area contributed by atoms with E-state index in [0.29, 0.717) is 16.7 Å². The van der Waals surface area contributed by atoms with E-state index in [4.69, 9.17) is 20.9 Å². The Balaban J connectivity index is 2.03. The van der Waals surface area contributed by atoms with Crippen LogP contribution in [0.2, 0.25) is 0 Å². The van der Waals surface area contributed by atoms with Crippen LogP contribution in [0.25, 0.3) is 0 Å². The Morgan fingerprint density at radius 3 is 1.40 bits per heavy atom. The topological polar surface area (TPSA) is 535 Å². The van der Waals surface area contributed by atoms with Gasteiger partial charge in [0.2, 0.25) is 65.0 Å². The lowest BCUT2D eigenvalue weighted by atomic mass is 9.86. The number of carbonyl (C=O) groups excluding carboxylic acids is 13. The molecule has 0 radical (unpaired) electrons. The number of alkyl carbamates (subject to hydrolysis) is 2. The lowest BCUT2D eigenvalue weighted by Crippen LogP contribution is -2.64. The monoisotopic (exact) mass is 1530 g/mol. The summed E-state index contributed by atoms with van der Waals surface area (Å²) in [6.45, 7) is 19.5. The molecule has 0 aromatic heterocycles. The van der Waals surface area contributed by atoms with Crippen LogP contribution < -0.4 is 75.3 Å². The van der Waals surface area contributed by atoms with Crippen molar-refractivity contribution >= 4 is 83.1 Å². The van der Waals surface area contributed by atoms with Crippen molar-refractivity contribution in [1.82, 2.24) is 63.8 Å². The molecule has 0 spiro atoms. The minimum absolute atomic E-state index is 0.0179. The Morgan fingerprint density at radius 2 is 0.908 bits per heavy atom. The van der Waals surface area contributed by atoms with E-state index in [1.54, 1.807) is 133 Å². The highest BCUT2D eigenvalue weighted by Gasteiger charge is 2.42. The van der Waals surface area contributed by atoms with Crippen LogP contribution in [0, 0.1) is 28.6 Å². The zero-order valence-corrected chi connectivity index (χ0v) is 64.4. The molecule has 0 saturated carbocycles.